The molecule has 0 bridgehead atoms. The summed E-state index contributed by atoms with van der Waals surface area (Å²) in [6, 6.07) is 5.80. The van der Waals surface area contributed by atoms with Crippen LogP contribution in [0.1, 0.15) is 17.5 Å². The second-order valence-electron chi connectivity index (χ2n) is 2.92. The first-order chi connectivity index (χ1) is 6.24. The van der Waals surface area contributed by atoms with E-state index in [4.69, 9.17) is 5.73 Å². The fraction of sp³-hybridized carbons (Fsp3) is 0.182. The Kier molecular flexibility index (Phi) is 3.26. The van der Waals surface area contributed by atoms with Crippen molar-refractivity contribution in [2.45, 2.75) is 13.3 Å². The molecule has 0 amide bonds. The van der Waals surface area contributed by atoms with Crippen molar-refractivity contribution in [2.75, 3.05) is 5.73 Å². The summed E-state index contributed by atoms with van der Waals surface area (Å²) in [4.78, 5) is 10.0. The summed E-state index contributed by atoms with van der Waals surface area (Å²) in [6.07, 6.45) is 5.09. The number of allylic oxidation sites excluding steroid dienone is 1. The molecule has 0 unspecified atom stereocenters. The van der Waals surface area contributed by atoms with E-state index in [2.05, 4.69) is 0 Å². The summed E-state index contributed by atoms with van der Waals surface area (Å²) in [5.74, 6) is 0. The van der Waals surface area contributed by atoms with Gasteiger partial charge in [0.15, 0.2) is 0 Å². The molecule has 1 rings (SSSR count). The van der Waals surface area contributed by atoms with Crippen LogP contribution in [0.15, 0.2) is 24.3 Å². The molecule has 1 aromatic rings. The molecule has 0 fully saturated rings. The van der Waals surface area contributed by atoms with E-state index in [9.17, 15) is 4.79 Å². The maximum atomic E-state index is 10.0. The van der Waals surface area contributed by atoms with E-state index in [1.165, 1.54) is 0 Å². The zero-order valence-electron chi connectivity index (χ0n) is 7.66. The Morgan fingerprint density at radius 3 is 2.85 bits per heavy atom. The van der Waals surface area contributed by atoms with Crippen LogP contribution in [0, 0.1) is 6.92 Å². The maximum Gasteiger partial charge on any atom is 0.123 e. The van der Waals surface area contributed by atoms with E-state index in [1.807, 2.05) is 37.3 Å². The van der Waals surface area contributed by atoms with Crippen molar-refractivity contribution in [3.63, 3.8) is 0 Å². The van der Waals surface area contributed by atoms with Crippen LogP contribution >= 0.6 is 0 Å². The second-order valence-corrected chi connectivity index (χ2v) is 2.92. The number of rotatable bonds is 3. The normalized spacial score (nSPS) is 10.5. The van der Waals surface area contributed by atoms with E-state index in [0.29, 0.717) is 6.42 Å². The SMILES string of the molecule is Cc1cc(C=CCC=O)ccc1N. The summed E-state index contributed by atoms with van der Waals surface area (Å²) in [6.45, 7) is 1.96. The van der Waals surface area contributed by atoms with Gasteiger partial charge in [0.25, 0.3) is 0 Å². The summed E-state index contributed by atoms with van der Waals surface area (Å²) < 4.78 is 0. The number of hydrogen-bond acceptors (Lipinski definition) is 2. The largest absolute Gasteiger partial charge is 0.399 e. The lowest BCUT2D eigenvalue weighted by Gasteiger charge is -2.00. The predicted octanol–water partition coefficient (Wildman–Crippen LogP) is 2.18. The van der Waals surface area contributed by atoms with Crippen LogP contribution in [-0.4, -0.2) is 6.29 Å². The molecule has 0 aliphatic rings. The third-order valence-electron chi connectivity index (χ3n) is 1.84. The van der Waals surface area contributed by atoms with Crippen LogP contribution in [-0.2, 0) is 4.79 Å². The zero-order valence-corrected chi connectivity index (χ0v) is 7.66. The number of carbonyl (C=O) groups is 1. The van der Waals surface area contributed by atoms with Crippen molar-refractivity contribution < 1.29 is 4.79 Å². The van der Waals surface area contributed by atoms with E-state index >= 15 is 0 Å². The van der Waals surface area contributed by atoms with E-state index in [0.717, 1.165) is 23.1 Å². The van der Waals surface area contributed by atoms with Crippen molar-refractivity contribution in [3.05, 3.63) is 35.4 Å². The third kappa shape index (κ3) is 2.75. The molecule has 2 heteroatoms. The monoisotopic (exact) mass is 175 g/mol. The Morgan fingerprint density at radius 1 is 1.46 bits per heavy atom. The molecular formula is C11H13NO. The fourth-order valence-corrected chi connectivity index (χ4v) is 1.06. The Morgan fingerprint density at radius 2 is 2.23 bits per heavy atom. The van der Waals surface area contributed by atoms with Crippen molar-refractivity contribution in [1.82, 2.24) is 0 Å². The van der Waals surface area contributed by atoms with E-state index in [1.54, 1.807) is 0 Å². The molecule has 13 heavy (non-hydrogen) atoms. The van der Waals surface area contributed by atoms with Crippen molar-refractivity contribution >= 4 is 18.0 Å². The lowest BCUT2D eigenvalue weighted by Crippen LogP contribution is -1.88. The van der Waals surface area contributed by atoms with Gasteiger partial charge >= 0.3 is 0 Å². The molecule has 2 N–H and O–H groups in total. The molecule has 0 atom stereocenters. The predicted molar refractivity (Wildman–Crippen MR) is 55.3 cm³/mol. The van der Waals surface area contributed by atoms with Gasteiger partial charge in [0.05, 0.1) is 0 Å². The molecular weight excluding hydrogens is 162 g/mol. The average Bonchev–Trinajstić information content (AvgIpc) is 2.12. The van der Waals surface area contributed by atoms with Gasteiger partial charge < -0.3 is 10.5 Å². The topological polar surface area (TPSA) is 43.1 Å². The van der Waals surface area contributed by atoms with Crippen LogP contribution in [0.5, 0.6) is 0 Å². The molecule has 1 aromatic carbocycles. The van der Waals surface area contributed by atoms with Crippen molar-refractivity contribution in [3.8, 4) is 0 Å². The lowest BCUT2D eigenvalue weighted by atomic mass is 10.1. The number of aryl methyl sites for hydroxylation is 1. The summed E-state index contributed by atoms with van der Waals surface area (Å²) >= 11 is 0. The minimum Gasteiger partial charge on any atom is -0.399 e. The van der Waals surface area contributed by atoms with Gasteiger partial charge in [-0.2, -0.15) is 0 Å². The minimum absolute atomic E-state index is 0.462. The summed E-state index contributed by atoms with van der Waals surface area (Å²) in [5.41, 5.74) is 8.60. The van der Waals surface area contributed by atoms with E-state index < -0.39 is 0 Å². The van der Waals surface area contributed by atoms with Gasteiger partial charge in [-0.3, -0.25) is 0 Å². The maximum absolute atomic E-state index is 10.0. The quantitative estimate of drug-likeness (QED) is 0.565. The number of hydrogen-bond donors (Lipinski definition) is 1. The fourth-order valence-electron chi connectivity index (χ4n) is 1.06. The summed E-state index contributed by atoms with van der Waals surface area (Å²) in [7, 11) is 0. The molecule has 0 saturated carbocycles. The van der Waals surface area contributed by atoms with Gasteiger partial charge in [0.2, 0.25) is 0 Å². The number of nitrogen functional groups attached to an aromatic ring is 1. The highest BCUT2D eigenvalue weighted by Gasteiger charge is 1.92. The number of benzene rings is 1. The second kappa shape index (κ2) is 4.45. The molecule has 0 aliphatic heterocycles. The lowest BCUT2D eigenvalue weighted by molar-refractivity contribution is -0.107. The van der Waals surface area contributed by atoms with Gasteiger partial charge in [-0.25, -0.2) is 0 Å². The number of nitrogens with two attached hydrogens (primary N) is 1. The molecule has 0 saturated heterocycles. The first-order valence-electron chi connectivity index (χ1n) is 4.20. The highest BCUT2D eigenvalue weighted by atomic mass is 16.1. The Hall–Kier alpha value is -1.57. The van der Waals surface area contributed by atoms with Crippen LogP contribution < -0.4 is 5.73 Å². The molecule has 68 valence electrons. The molecule has 0 heterocycles. The van der Waals surface area contributed by atoms with E-state index in [-0.39, 0.29) is 0 Å². The molecule has 0 aromatic heterocycles. The molecule has 0 radical (unpaired) electrons. The molecule has 0 aliphatic carbocycles. The van der Waals surface area contributed by atoms with Gasteiger partial charge in [0.1, 0.15) is 6.29 Å². The number of carbonyl (C=O) groups excluding carboxylic acids is 1. The Balaban J connectivity index is 2.79. The first-order valence-corrected chi connectivity index (χ1v) is 4.20. The zero-order chi connectivity index (χ0) is 9.68. The van der Waals surface area contributed by atoms with Crippen LogP contribution in [0.4, 0.5) is 5.69 Å². The Labute approximate surface area is 78.1 Å². The van der Waals surface area contributed by atoms with Crippen molar-refractivity contribution in [1.29, 1.82) is 0 Å². The smallest absolute Gasteiger partial charge is 0.123 e. The van der Waals surface area contributed by atoms with Crippen molar-refractivity contribution in [2.24, 2.45) is 0 Å². The Bertz CT molecular complexity index is 329. The van der Waals surface area contributed by atoms with Crippen LogP contribution in [0.25, 0.3) is 6.08 Å². The minimum atomic E-state index is 0.462. The van der Waals surface area contributed by atoms with Gasteiger partial charge in [-0.1, -0.05) is 24.3 Å². The number of aldehydes is 1. The molecule has 2 nitrogen and oxygen atoms in total. The average molecular weight is 175 g/mol. The highest BCUT2D eigenvalue weighted by Crippen LogP contribution is 2.13. The van der Waals surface area contributed by atoms with Gasteiger partial charge in [-0.05, 0) is 24.1 Å². The first kappa shape index (κ1) is 9.52. The highest BCUT2D eigenvalue weighted by molar-refractivity contribution is 5.60. The van der Waals surface area contributed by atoms with Crippen LogP contribution in [0.3, 0.4) is 0 Å². The summed E-state index contributed by atoms with van der Waals surface area (Å²) in [5, 5.41) is 0. The number of anilines is 1. The third-order valence-corrected chi connectivity index (χ3v) is 1.84. The van der Waals surface area contributed by atoms with Crippen LogP contribution in [0.2, 0.25) is 0 Å². The molecule has 0 spiro atoms. The standard InChI is InChI=1S/C11H13NO/c1-9-8-10(4-2-3-7-13)5-6-11(9)12/h2,4-8H,3,12H2,1H3. The van der Waals surface area contributed by atoms with Gasteiger partial charge in [0, 0.05) is 12.1 Å². The van der Waals surface area contributed by atoms with Gasteiger partial charge in [-0.15, -0.1) is 0 Å².